The Morgan fingerprint density at radius 1 is 1.55 bits per heavy atom. The molecular weight excluding hydrogens is 294 g/mol. The molecule has 1 aromatic rings. The molecule has 0 aromatic heterocycles. The normalized spacial score (nSPS) is 11.2. The molecule has 20 heavy (non-hydrogen) atoms. The number of carbonyl (C=O) groups excluding carboxylic acids is 1. The Labute approximate surface area is 117 Å². The van der Waals surface area contributed by atoms with Crippen LogP contribution in [0.5, 0.6) is 0 Å². The van der Waals surface area contributed by atoms with E-state index in [1.807, 2.05) is 5.32 Å². The highest BCUT2D eigenvalue weighted by Crippen LogP contribution is 2.25. The minimum Gasteiger partial charge on any atom is -0.390 e. The van der Waals surface area contributed by atoms with E-state index in [2.05, 4.69) is 0 Å². The first-order chi connectivity index (χ1) is 9.30. The van der Waals surface area contributed by atoms with E-state index in [1.54, 1.807) is 6.26 Å². The quantitative estimate of drug-likeness (QED) is 0.474. The SMILES string of the molecule is CSc1ccc([N+](=O)[O-])c(C(=O)NCC(F)(F)CO)c1. The Morgan fingerprint density at radius 3 is 2.70 bits per heavy atom. The number of hydrogen-bond donors (Lipinski definition) is 2. The summed E-state index contributed by atoms with van der Waals surface area (Å²) in [5, 5.41) is 21.1. The summed E-state index contributed by atoms with van der Waals surface area (Å²) in [7, 11) is 0. The van der Waals surface area contributed by atoms with Crippen LogP contribution in [-0.2, 0) is 0 Å². The molecule has 9 heteroatoms. The van der Waals surface area contributed by atoms with Crippen LogP contribution in [0.3, 0.4) is 0 Å². The zero-order chi connectivity index (χ0) is 15.3. The maximum absolute atomic E-state index is 12.8. The van der Waals surface area contributed by atoms with Crippen molar-refractivity contribution in [3.8, 4) is 0 Å². The smallest absolute Gasteiger partial charge is 0.287 e. The average molecular weight is 306 g/mol. The largest absolute Gasteiger partial charge is 0.390 e. The van der Waals surface area contributed by atoms with E-state index < -0.39 is 35.6 Å². The maximum atomic E-state index is 12.8. The van der Waals surface area contributed by atoms with Gasteiger partial charge in [-0.15, -0.1) is 11.8 Å². The summed E-state index contributed by atoms with van der Waals surface area (Å²) in [6, 6.07) is 3.86. The number of nitrogens with zero attached hydrogens (tertiary/aromatic N) is 1. The summed E-state index contributed by atoms with van der Waals surface area (Å²) in [4.78, 5) is 22.4. The van der Waals surface area contributed by atoms with Gasteiger partial charge in [0.2, 0.25) is 0 Å². The topological polar surface area (TPSA) is 92.5 Å². The van der Waals surface area contributed by atoms with Gasteiger partial charge in [-0.2, -0.15) is 0 Å². The number of rotatable bonds is 6. The molecule has 0 aliphatic rings. The first-order valence-corrected chi connectivity index (χ1v) is 6.62. The van der Waals surface area contributed by atoms with Gasteiger partial charge in [0.15, 0.2) is 0 Å². The molecule has 1 aromatic carbocycles. The zero-order valence-corrected chi connectivity index (χ0v) is 11.2. The molecule has 110 valence electrons. The molecule has 0 aliphatic carbocycles. The summed E-state index contributed by atoms with van der Waals surface area (Å²) in [6.07, 6.45) is 1.71. The van der Waals surface area contributed by atoms with Gasteiger partial charge >= 0.3 is 0 Å². The summed E-state index contributed by atoms with van der Waals surface area (Å²) >= 11 is 1.26. The molecule has 1 amide bonds. The summed E-state index contributed by atoms with van der Waals surface area (Å²) in [5.41, 5.74) is -0.761. The number of nitro groups is 1. The molecule has 0 spiro atoms. The fourth-order valence-electron chi connectivity index (χ4n) is 1.34. The second-order valence-electron chi connectivity index (χ2n) is 3.84. The third kappa shape index (κ3) is 4.14. The number of aliphatic hydroxyl groups is 1. The van der Waals surface area contributed by atoms with Gasteiger partial charge in [-0.05, 0) is 18.4 Å². The lowest BCUT2D eigenvalue weighted by Gasteiger charge is -2.14. The molecule has 2 N–H and O–H groups in total. The molecule has 1 rings (SSSR count). The predicted molar refractivity (Wildman–Crippen MR) is 69.2 cm³/mol. The van der Waals surface area contributed by atoms with Gasteiger partial charge in [-0.3, -0.25) is 14.9 Å². The molecule has 0 unspecified atom stereocenters. The Kier molecular flexibility index (Phi) is 5.40. The van der Waals surface area contributed by atoms with E-state index in [1.165, 1.54) is 23.9 Å². The molecule has 6 nitrogen and oxygen atoms in total. The highest BCUT2D eigenvalue weighted by molar-refractivity contribution is 7.98. The van der Waals surface area contributed by atoms with Crippen molar-refractivity contribution in [2.75, 3.05) is 19.4 Å². The Hall–Kier alpha value is -1.74. The first-order valence-electron chi connectivity index (χ1n) is 5.40. The molecule has 0 radical (unpaired) electrons. The number of benzene rings is 1. The Balaban J connectivity index is 2.98. The van der Waals surface area contributed by atoms with Crippen molar-refractivity contribution in [1.29, 1.82) is 0 Å². The average Bonchev–Trinajstić information content (AvgIpc) is 2.44. The van der Waals surface area contributed by atoms with Crippen LogP contribution in [-0.4, -0.2) is 41.3 Å². The molecule has 0 atom stereocenters. The third-order valence-corrected chi connectivity index (χ3v) is 3.11. The van der Waals surface area contributed by atoms with Crippen molar-refractivity contribution in [2.45, 2.75) is 10.8 Å². The van der Waals surface area contributed by atoms with E-state index in [0.717, 1.165) is 6.07 Å². The number of alkyl halides is 2. The van der Waals surface area contributed by atoms with Crippen molar-refractivity contribution < 1.29 is 23.6 Å². The van der Waals surface area contributed by atoms with Crippen LogP contribution in [0.2, 0.25) is 0 Å². The number of nitrogens with one attached hydrogen (secondary N) is 1. The first kappa shape index (κ1) is 16.3. The van der Waals surface area contributed by atoms with Gasteiger partial charge in [0.25, 0.3) is 17.5 Å². The van der Waals surface area contributed by atoms with Crippen LogP contribution in [0, 0.1) is 10.1 Å². The summed E-state index contributed by atoms with van der Waals surface area (Å²) < 4.78 is 25.7. The van der Waals surface area contributed by atoms with E-state index in [-0.39, 0.29) is 5.56 Å². The van der Waals surface area contributed by atoms with Crippen molar-refractivity contribution in [3.63, 3.8) is 0 Å². The summed E-state index contributed by atoms with van der Waals surface area (Å²) in [6.45, 7) is -2.51. The Morgan fingerprint density at radius 2 is 2.20 bits per heavy atom. The monoisotopic (exact) mass is 306 g/mol. The number of amides is 1. The number of aliphatic hydroxyl groups excluding tert-OH is 1. The minimum atomic E-state index is -3.47. The van der Waals surface area contributed by atoms with Gasteiger partial charge in [-0.25, -0.2) is 8.78 Å². The van der Waals surface area contributed by atoms with E-state index in [4.69, 9.17) is 5.11 Å². The maximum Gasteiger partial charge on any atom is 0.287 e. The molecular formula is C11H12F2N2O4S. The highest BCUT2D eigenvalue weighted by Gasteiger charge is 2.29. The van der Waals surface area contributed by atoms with Gasteiger partial charge in [0.05, 0.1) is 11.5 Å². The van der Waals surface area contributed by atoms with Crippen LogP contribution >= 0.6 is 11.8 Å². The molecule has 0 bridgehead atoms. The van der Waals surface area contributed by atoms with Crippen LogP contribution in [0.25, 0.3) is 0 Å². The van der Waals surface area contributed by atoms with Crippen molar-refractivity contribution in [1.82, 2.24) is 5.32 Å². The predicted octanol–water partition coefficient (Wildman–Crippen LogP) is 1.67. The minimum absolute atomic E-state index is 0.296. The number of thioether (sulfide) groups is 1. The summed E-state index contributed by atoms with van der Waals surface area (Å²) in [5.74, 6) is -4.46. The van der Waals surface area contributed by atoms with Crippen LogP contribution < -0.4 is 5.32 Å². The second kappa shape index (κ2) is 6.62. The number of hydrogen-bond acceptors (Lipinski definition) is 5. The van der Waals surface area contributed by atoms with Crippen molar-refractivity contribution >= 4 is 23.4 Å². The fraction of sp³-hybridized carbons (Fsp3) is 0.364. The van der Waals surface area contributed by atoms with Crippen LogP contribution in [0.1, 0.15) is 10.4 Å². The molecule has 0 fully saturated rings. The van der Waals surface area contributed by atoms with Crippen molar-refractivity contribution in [2.24, 2.45) is 0 Å². The molecule has 0 heterocycles. The van der Waals surface area contributed by atoms with Gasteiger partial charge in [-0.1, -0.05) is 0 Å². The standard InChI is InChI=1S/C11H12F2N2O4S/c1-20-7-2-3-9(15(18)19)8(4-7)10(17)14-5-11(12,13)6-16/h2-4,16H,5-6H2,1H3,(H,14,17). The van der Waals surface area contributed by atoms with Gasteiger partial charge < -0.3 is 10.4 Å². The molecule has 0 aliphatic heterocycles. The lowest BCUT2D eigenvalue weighted by atomic mass is 10.1. The fourth-order valence-corrected chi connectivity index (χ4v) is 1.78. The van der Waals surface area contributed by atoms with E-state index in [0.29, 0.717) is 4.90 Å². The van der Waals surface area contributed by atoms with Gasteiger partial charge in [0, 0.05) is 11.0 Å². The van der Waals surface area contributed by atoms with Crippen LogP contribution in [0.4, 0.5) is 14.5 Å². The zero-order valence-electron chi connectivity index (χ0n) is 10.4. The third-order valence-electron chi connectivity index (χ3n) is 2.38. The second-order valence-corrected chi connectivity index (χ2v) is 4.72. The number of carbonyl (C=O) groups is 1. The van der Waals surface area contributed by atoms with E-state index >= 15 is 0 Å². The van der Waals surface area contributed by atoms with E-state index in [9.17, 15) is 23.7 Å². The highest BCUT2D eigenvalue weighted by atomic mass is 32.2. The molecule has 0 saturated carbocycles. The Bertz CT molecular complexity index is 525. The lowest BCUT2D eigenvalue weighted by molar-refractivity contribution is -0.385. The number of halogens is 2. The number of nitro benzene ring substituents is 1. The lowest BCUT2D eigenvalue weighted by Crippen LogP contribution is -2.39. The van der Waals surface area contributed by atoms with Gasteiger partial charge in [0.1, 0.15) is 12.2 Å². The molecule has 0 saturated heterocycles. The van der Waals surface area contributed by atoms with Crippen LogP contribution in [0.15, 0.2) is 23.1 Å². The van der Waals surface area contributed by atoms with Crippen molar-refractivity contribution in [3.05, 3.63) is 33.9 Å².